The van der Waals surface area contributed by atoms with Gasteiger partial charge in [-0.15, -0.1) is 0 Å². The molecule has 1 aromatic heterocycles. The van der Waals surface area contributed by atoms with Gasteiger partial charge in [-0.25, -0.2) is 4.79 Å². The Morgan fingerprint density at radius 3 is 2.26 bits per heavy atom. The van der Waals surface area contributed by atoms with Crippen LogP contribution in [0.5, 0.6) is 17.2 Å². The molecule has 0 aliphatic carbocycles. The minimum absolute atomic E-state index is 0.122. The van der Waals surface area contributed by atoms with Crippen LogP contribution in [0.1, 0.15) is 16.1 Å². The van der Waals surface area contributed by atoms with Crippen molar-refractivity contribution in [1.82, 2.24) is 0 Å². The van der Waals surface area contributed by atoms with Crippen molar-refractivity contribution in [3.63, 3.8) is 0 Å². The van der Waals surface area contributed by atoms with Crippen LogP contribution in [-0.4, -0.2) is 32.4 Å². The number of fused-ring (bicyclic) bond motifs is 1. The second-order valence-electron chi connectivity index (χ2n) is 3.88. The molecule has 0 aliphatic heterocycles. The second-order valence-corrected chi connectivity index (χ2v) is 3.88. The summed E-state index contributed by atoms with van der Waals surface area (Å²) in [5, 5.41) is 9.70. The molecule has 0 aliphatic rings. The van der Waals surface area contributed by atoms with E-state index >= 15 is 0 Å². The van der Waals surface area contributed by atoms with Crippen LogP contribution in [-0.2, 0) is 0 Å². The van der Waals surface area contributed by atoms with E-state index in [0.717, 1.165) is 0 Å². The van der Waals surface area contributed by atoms with E-state index in [2.05, 4.69) is 0 Å². The van der Waals surface area contributed by atoms with Gasteiger partial charge in [0, 0.05) is 10.9 Å². The Bertz CT molecular complexity index is 640. The molecule has 0 fully saturated rings. The molecule has 0 atom stereocenters. The van der Waals surface area contributed by atoms with Crippen molar-refractivity contribution >= 4 is 16.9 Å². The van der Waals surface area contributed by atoms with E-state index < -0.39 is 5.97 Å². The summed E-state index contributed by atoms with van der Waals surface area (Å²) in [7, 11) is 4.42. The maximum atomic E-state index is 11.1. The highest BCUT2D eigenvalue weighted by molar-refractivity contribution is 5.98. The third-order valence-corrected chi connectivity index (χ3v) is 2.93. The lowest BCUT2D eigenvalue weighted by molar-refractivity contribution is 0.0663. The summed E-state index contributed by atoms with van der Waals surface area (Å²) >= 11 is 0. The molecule has 0 saturated heterocycles. The van der Waals surface area contributed by atoms with E-state index in [0.29, 0.717) is 33.8 Å². The summed E-state index contributed by atoms with van der Waals surface area (Å²) in [6.45, 7) is 1.67. The highest BCUT2D eigenvalue weighted by Crippen LogP contribution is 2.45. The van der Waals surface area contributed by atoms with Crippen molar-refractivity contribution in [2.45, 2.75) is 6.92 Å². The van der Waals surface area contributed by atoms with E-state index in [-0.39, 0.29) is 5.76 Å². The predicted molar refractivity (Wildman–Crippen MR) is 67.6 cm³/mol. The number of carbonyl (C=O) groups is 1. The molecule has 2 aromatic rings. The van der Waals surface area contributed by atoms with Gasteiger partial charge in [0.05, 0.1) is 21.3 Å². The molecule has 6 heteroatoms. The number of benzene rings is 1. The Balaban J connectivity index is 2.89. The monoisotopic (exact) mass is 266 g/mol. The summed E-state index contributed by atoms with van der Waals surface area (Å²) in [5.74, 6) is -0.124. The van der Waals surface area contributed by atoms with E-state index in [1.807, 2.05) is 0 Å². The topological polar surface area (TPSA) is 78.1 Å². The molecule has 102 valence electrons. The van der Waals surface area contributed by atoms with Gasteiger partial charge in [-0.2, -0.15) is 0 Å². The average molecular weight is 266 g/mol. The Morgan fingerprint density at radius 1 is 1.16 bits per heavy atom. The molecule has 19 heavy (non-hydrogen) atoms. The summed E-state index contributed by atoms with van der Waals surface area (Å²) in [6, 6.07) is 1.67. The SMILES string of the molecule is COc1cc2c(C)c(C(=O)O)oc2c(OC)c1OC. The van der Waals surface area contributed by atoms with Gasteiger partial charge in [-0.3, -0.25) is 0 Å². The third kappa shape index (κ3) is 1.85. The molecular weight excluding hydrogens is 252 g/mol. The van der Waals surface area contributed by atoms with E-state index in [1.165, 1.54) is 21.3 Å². The van der Waals surface area contributed by atoms with E-state index in [4.69, 9.17) is 23.7 Å². The summed E-state index contributed by atoms with van der Waals surface area (Å²) in [6.07, 6.45) is 0. The Kier molecular flexibility index (Phi) is 3.25. The molecule has 0 spiro atoms. The zero-order valence-corrected chi connectivity index (χ0v) is 11.1. The van der Waals surface area contributed by atoms with Crippen LogP contribution in [0.2, 0.25) is 0 Å². The van der Waals surface area contributed by atoms with Crippen LogP contribution in [0.4, 0.5) is 0 Å². The molecule has 0 radical (unpaired) electrons. The van der Waals surface area contributed by atoms with Crippen molar-refractivity contribution in [3.8, 4) is 17.2 Å². The molecule has 1 N–H and O–H groups in total. The average Bonchev–Trinajstić information content (AvgIpc) is 2.73. The Morgan fingerprint density at radius 2 is 1.79 bits per heavy atom. The number of rotatable bonds is 4. The quantitative estimate of drug-likeness (QED) is 0.915. The molecule has 6 nitrogen and oxygen atoms in total. The predicted octanol–water partition coefficient (Wildman–Crippen LogP) is 2.47. The largest absolute Gasteiger partial charge is 0.493 e. The van der Waals surface area contributed by atoms with Gasteiger partial charge in [0.25, 0.3) is 0 Å². The van der Waals surface area contributed by atoms with Crippen molar-refractivity contribution in [3.05, 3.63) is 17.4 Å². The van der Waals surface area contributed by atoms with Crippen LogP contribution in [0.25, 0.3) is 11.0 Å². The normalized spacial score (nSPS) is 10.5. The molecule has 1 aromatic carbocycles. The molecule has 0 saturated carbocycles. The minimum Gasteiger partial charge on any atom is -0.493 e. The fourth-order valence-corrected chi connectivity index (χ4v) is 2.01. The fraction of sp³-hybridized carbons (Fsp3) is 0.308. The number of carboxylic acids is 1. The lowest BCUT2D eigenvalue weighted by Gasteiger charge is -2.12. The van der Waals surface area contributed by atoms with E-state index in [1.54, 1.807) is 13.0 Å². The van der Waals surface area contributed by atoms with Crippen LogP contribution < -0.4 is 14.2 Å². The van der Waals surface area contributed by atoms with Crippen LogP contribution in [0, 0.1) is 6.92 Å². The maximum absolute atomic E-state index is 11.1. The number of methoxy groups -OCH3 is 3. The fourth-order valence-electron chi connectivity index (χ4n) is 2.01. The first-order valence-electron chi connectivity index (χ1n) is 5.50. The zero-order chi connectivity index (χ0) is 14.2. The van der Waals surface area contributed by atoms with Gasteiger partial charge in [0.15, 0.2) is 11.3 Å². The Labute approximate surface area is 109 Å². The van der Waals surface area contributed by atoms with Crippen molar-refractivity contribution in [2.24, 2.45) is 0 Å². The third-order valence-electron chi connectivity index (χ3n) is 2.93. The number of aryl methyl sites for hydroxylation is 1. The molecule has 1 heterocycles. The second kappa shape index (κ2) is 4.72. The number of hydrogen-bond acceptors (Lipinski definition) is 5. The summed E-state index contributed by atoms with van der Waals surface area (Å²) < 4.78 is 21.0. The van der Waals surface area contributed by atoms with Crippen LogP contribution in [0.3, 0.4) is 0 Å². The number of ether oxygens (including phenoxy) is 3. The van der Waals surface area contributed by atoms with Gasteiger partial charge in [0.2, 0.25) is 17.3 Å². The van der Waals surface area contributed by atoms with Crippen molar-refractivity contribution in [2.75, 3.05) is 21.3 Å². The first-order valence-corrected chi connectivity index (χ1v) is 5.50. The number of aromatic carboxylic acids is 1. The molecular formula is C13H14O6. The van der Waals surface area contributed by atoms with Gasteiger partial charge < -0.3 is 23.7 Å². The summed E-state index contributed by atoms with van der Waals surface area (Å²) in [4.78, 5) is 11.1. The highest BCUT2D eigenvalue weighted by atomic mass is 16.5. The zero-order valence-electron chi connectivity index (χ0n) is 11.1. The number of carboxylic acid groups (broad SMARTS) is 1. The Hall–Kier alpha value is -2.37. The van der Waals surface area contributed by atoms with Crippen LogP contribution >= 0.6 is 0 Å². The molecule has 0 bridgehead atoms. The van der Waals surface area contributed by atoms with Crippen molar-refractivity contribution < 1.29 is 28.5 Å². The number of furan rings is 1. The van der Waals surface area contributed by atoms with Gasteiger partial charge >= 0.3 is 5.97 Å². The van der Waals surface area contributed by atoms with E-state index in [9.17, 15) is 4.79 Å². The summed E-state index contributed by atoms with van der Waals surface area (Å²) in [5.41, 5.74) is 0.844. The first-order chi connectivity index (χ1) is 9.04. The van der Waals surface area contributed by atoms with Gasteiger partial charge in [-0.05, 0) is 13.0 Å². The number of hydrogen-bond donors (Lipinski definition) is 1. The lowest BCUT2D eigenvalue weighted by Crippen LogP contribution is -1.95. The maximum Gasteiger partial charge on any atom is 0.372 e. The smallest absolute Gasteiger partial charge is 0.372 e. The van der Waals surface area contributed by atoms with Crippen molar-refractivity contribution in [1.29, 1.82) is 0 Å². The minimum atomic E-state index is -1.13. The standard InChI is InChI=1S/C13H14O6/c1-6-7-5-8(16-2)11(17-3)12(18-4)10(7)19-9(6)13(14)15/h5H,1-4H3,(H,14,15). The first kappa shape index (κ1) is 13.1. The van der Waals surface area contributed by atoms with Gasteiger partial charge in [0.1, 0.15) is 0 Å². The molecule has 0 unspecified atom stereocenters. The van der Waals surface area contributed by atoms with Gasteiger partial charge in [-0.1, -0.05) is 0 Å². The van der Waals surface area contributed by atoms with Crippen LogP contribution in [0.15, 0.2) is 10.5 Å². The lowest BCUT2D eigenvalue weighted by atomic mass is 10.1. The molecule has 0 amide bonds. The molecule has 2 rings (SSSR count). The highest BCUT2D eigenvalue weighted by Gasteiger charge is 2.24.